The molecule has 2 aliphatic rings. The number of fused-ring (bicyclic) bond motifs is 1. The van der Waals surface area contributed by atoms with Gasteiger partial charge >= 0.3 is 5.97 Å². The molecule has 32 heavy (non-hydrogen) atoms. The molecule has 1 aromatic heterocycles. The van der Waals surface area contributed by atoms with Crippen LogP contribution in [0.3, 0.4) is 0 Å². The molecule has 2 saturated carbocycles. The van der Waals surface area contributed by atoms with Gasteiger partial charge in [-0.05, 0) is 72.9 Å². The zero-order chi connectivity index (χ0) is 22.5. The largest absolute Gasteiger partial charge is 0.469 e. The number of esters is 1. The zero-order valence-electron chi connectivity index (χ0n) is 17.9. The van der Waals surface area contributed by atoms with Crippen molar-refractivity contribution >= 4 is 22.7 Å². The quantitative estimate of drug-likeness (QED) is 0.377. The van der Waals surface area contributed by atoms with Crippen LogP contribution in [-0.4, -0.2) is 23.4 Å². The summed E-state index contributed by atoms with van der Waals surface area (Å²) in [7, 11) is 1.42. The van der Waals surface area contributed by atoms with E-state index in [-0.39, 0.29) is 34.7 Å². The summed E-state index contributed by atoms with van der Waals surface area (Å²) in [6.07, 6.45) is 5.80. The van der Waals surface area contributed by atoms with Gasteiger partial charge in [-0.25, -0.2) is 8.78 Å². The average molecular weight is 437 g/mol. The molecule has 0 atom stereocenters. The Labute approximate surface area is 185 Å². The summed E-state index contributed by atoms with van der Waals surface area (Å²) in [5.74, 6) is -0.496. The van der Waals surface area contributed by atoms with Gasteiger partial charge < -0.3 is 9.30 Å². The highest BCUT2D eigenvalue weighted by Crippen LogP contribution is 2.62. The number of aromatic nitrogens is 1. The van der Waals surface area contributed by atoms with Crippen molar-refractivity contribution in [1.82, 2.24) is 4.57 Å². The van der Waals surface area contributed by atoms with E-state index in [1.54, 1.807) is 30.5 Å². The van der Waals surface area contributed by atoms with Gasteiger partial charge in [0.15, 0.2) is 5.78 Å². The third-order valence-corrected chi connectivity index (χ3v) is 7.25. The summed E-state index contributed by atoms with van der Waals surface area (Å²) in [5, 5.41) is 0.419. The molecule has 0 N–H and O–H groups in total. The van der Waals surface area contributed by atoms with Crippen LogP contribution >= 0.6 is 0 Å². The first-order valence-electron chi connectivity index (χ1n) is 11.0. The average Bonchev–Trinajstić information content (AvgIpc) is 3.14. The second-order valence-electron chi connectivity index (χ2n) is 9.46. The van der Waals surface area contributed by atoms with Crippen LogP contribution in [0.1, 0.15) is 48.0 Å². The van der Waals surface area contributed by atoms with Crippen LogP contribution < -0.4 is 0 Å². The van der Waals surface area contributed by atoms with Crippen LogP contribution in [-0.2, 0) is 16.1 Å². The van der Waals surface area contributed by atoms with E-state index in [4.69, 9.17) is 4.74 Å². The van der Waals surface area contributed by atoms with Crippen LogP contribution in [0.4, 0.5) is 8.78 Å². The number of Topliss-reactive ketones (excluding diaryl/α,β-unsaturated/α-hetero) is 1. The number of halogens is 2. The van der Waals surface area contributed by atoms with Gasteiger partial charge in [-0.15, -0.1) is 0 Å². The van der Waals surface area contributed by atoms with Gasteiger partial charge in [-0.2, -0.15) is 0 Å². The number of ketones is 1. The number of hydrogen-bond acceptors (Lipinski definition) is 3. The Morgan fingerprint density at radius 2 is 1.75 bits per heavy atom. The Kier molecular flexibility index (Phi) is 5.11. The number of carbonyl (C=O) groups excluding carboxylic acids is 2. The monoisotopic (exact) mass is 437 g/mol. The molecule has 1 heterocycles. The zero-order valence-corrected chi connectivity index (χ0v) is 17.9. The number of methoxy groups -OCH3 is 1. The molecule has 166 valence electrons. The van der Waals surface area contributed by atoms with Crippen LogP contribution in [0.2, 0.25) is 0 Å². The minimum absolute atomic E-state index is 0.00288. The Bertz CT molecular complexity index is 1180. The van der Waals surface area contributed by atoms with Gasteiger partial charge in [0.1, 0.15) is 11.6 Å². The van der Waals surface area contributed by atoms with Gasteiger partial charge in [-0.1, -0.05) is 12.1 Å². The van der Waals surface area contributed by atoms with Crippen LogP contribution in [0.15, 0.2) is 48.7 Å². The standard InChI is InChI=1S/C26H25F2NO3/c1-32-25(31)18-13-26(14-18)11-17(12-26)10-23(30)21-6-7-22(28)20-8-9-29(24(20)21)15-16-2-4-19(27)5-3-16/h2-9,17-18H,10-15H2,1H3. The van der Waals surface area contributed by atoms with E-state index in [0.29, 0.717) is 35.3 Å². The summed E-state index contributed by atoms with van der Waals surface area (Å²) in [4.78, 5) is 24.8. The molecule has 3 aromatic rings. The number of rotatable bonds is 6. The number of nitrogens with zero attached hydrogens (tertiary/aromatic N) is 1. The smallest absolute Gasteiger partial charge is 0.308 e. The fourth-order valence-corrected chi connectivity index (χ4v) is 5.77. The minimum atomic E-state index is -0.361. The van der Waals surface area contributed by atoms with E-state index < -0.39 is 0 Å². The SMILES string of the molecule is COC(=O)C1CC2(CC(CC(=O)c3ccc(F)c4ccn(Cc5ccc(F)cc5)c34)C2)C1. The molecule has 0 radical (unpaired) electrons. The molecule has 0 bridgehead atoms. The molecular formula is C26H25F2NO3. The maximum atomic E-state index is 14.4. The van der Waals surface area contributed by atoms with Crippen LogP contribution in [0.25, 0.3) is 10.9 Å². The molecule has 0 unspecified atom stereocenters. The summed E-state index contributed by atoms with van der Waals surface area (Å²) in [5.41, 5.74) is 2.18. The van der Waals surface area contributed by atoms with Gasteiger partial charge in [0.25, 0.3) is 0 Å². The Morgan fingerprint density at radius 1 is 1.03 bits per heavy atom. The lowest BCUT2D eigenvalue weighted by molar-refractivity contribution is -0.161. The molecule has 6 heteroatoms. The highest BCUT2D eigenvalue weighted by molar-refractivity contribution is 6.07. The molecule has 2 aliphatic carbocycles. The molecule has 2 aromatic carbocycles. The van der Waals surface area contributed by atoms with Gasteiger partial charge in [-0.3, -0.25) is 9.59 Å². The number of hydrogen-bond donors (Lipinski definition) is 0. The van der Waals surface area contributed by atoms with Crippen molar-refractivity contribution < 1.29 is 23.1 Å². The lowest BCUT2D eigenvalue weighted by Gasteiger charge is -2.57. The van der Waals surface area contributed by atoms with Crippen molar-refractivity contribution in [3.8, 4) is 0 Å². The first-order chi connectivity index (χ1) is 15.4. The van der Waals surface area contributed by atoms with Crippen molar-refractivity contribution in [2.24, 2.45) is 17.3 Å². The summed E-state index contributed by atoms with van der Waals surface area (Å²) in [6.45, 7) is 0.426. The van der Waals surface area contributed by atoms with Crippen molar-refractivity contribution in [3.63, 3.8) is 0 Å². The first kappa shape index (κ1) is 20.9. The normalized spacial score (nSPS) is 24.2. The highest BCUT2D eigenvalue weighted by atomic mass is 19.1. The fraction of sp³-hybridized carbons (Fsp3) is 0.385. The van der Waals surface area contributed by atoms with Crippen molar-refractivity contribution in [2.45, 2.75) is 38.6 Å². The number of ether oxygens (including phenoxy) is 1. The van der Waals surface area contributed by atoms with Crippen LogP contribution in [0, 0.1) is 28.9 Å². The molecule has 0 aliphatic heterocycles. The topological polar surface area (TPSA) is 48.3 Å². The minimum Gasteiger partial charge on any atom is -0.469 e. The maximum Gasteiger partial charge on any atom is 0.308 e. The lowest BCUT2D eigenvalue weighted by atomic mass is 9.47. The molecule has 2 fully saturated rings. The van der Waals surface area contributed by atoms with E-state index in [9.17, 15) is 18.4 Å². The summed E-state index contributed by atoms with van der Waals surface area (Å²) >= 11 is 0. The Morgan fingerprint density at radius 3 is 2.44 bits per heavy atom. The summed E-state index contributed by atoms with van der Waals surface area (Å²) in [6, 6.07) is 10.8. The van der Waals surface area contributed by atoms with E-state index in [2.05, 4.69) is 0 Å². The fourth-order valence-electron chi connectivity index (χ4n) is 5.77. The Balaban J connectivity index is 1.31. The third-order valence-electron chi connectivity index (χ3n) is 7.25. The van der Waals surface area contributed by atoms with Gasteiger partial charge in [0.05, 0.1) is 18.5 Å². The van der Waals surface area contributed by atoms with Gasteiger partial charge in [0.2, 0.25) is 0 Å². The Hall–Kier alpha value is -3.02. The molecule has 5 rings (SSSR count). The van der Waals surface area contributed by atoms with Crippen molar-refractivity contribution in [1.29, 1.82) is 0 Å². The van der Waals surface area contributed by atoms with E-state index in [1.807, 2.05) is 4.57 Å². The first-order valence-corrected chi connectivity index (χ1v) is 11.0. The predicted molar refractivity (Wildman–Crippen MR) is 116 cm³/mol. The maximum absolute atomic E-state index is 14.4. The second kappa shape index (κ2) is 7.84. The molecule has 1 spiro atoms. The van der Waals surface area contributed by atoms with Crippen molar-refractivity contribution in [3.05, 3.63) is 71.4 Å². The second-order valence-corrected chi connectivity index (χ2v) is 9.46. The predicted octanol–water partition coefficient (Wildman–Crippen LogP) is 5.52. The molecular weight excluding hydrogens is 412 g/mol. The number of carbonyl (C=O) groups is 2. The molecule has 0 saturated heterocycles. The third kappa shape index (κ3) is 3.61. The lowest BCUT2D eigenvalue weighted by Crippen LogP contribution is -2.50. The summed E-state index contributed by atoms with van der Waals surface area (Å²) < 4.78 is 34.4. The van der Waals surface area contributed by atoms with Crippen LogP contribution in [0.5, 0.6) is 0 Å². The molecule has 0 amide bonds. The van der Waals surface area contributed by atoms with E-state index in [1.165, 1.54) is 25.3 Å². The van der Waals surface area contributed by atoms with Crippen molar-refractivity contribution in [2.75, 3.05) is 7.11 Å². The highest BCUT2D eigenvalue weighted by Gasteiger charge is 2.55. The van der Waals surface area contributed by atoms with E-state index >= 15 is 0 Å². The van der Waals surface area contributed by atoms with E-state index in [0.717, 1.165) is 31.2 Å². The molecule has 4 nitrogen and oxygen atoms in total. The van der Waals surface area contributed by atoms with Gasteiger partial charge in [0, 0.05) is 30.1 Å². The number of benzene rings is 2.